The largest absolute Gasteiger partial charge is 0.394 e. The van der Waals surface area contributed by atoms with Crippen LogP contribution in [0.15, 0.2) is 12.2 Å². The minimum absolute atomic E-state index is 0.237. The van der Waals surface area contributed by atoms with Crippen molar-refractivity contribution in [2.45, 2.75) is 306 Å². The lowest BCUT2D eigenvalue weighted by Crippen LogP contribution is -2.65. The van der Waals surface area contributed by atoms with Gasteiger partial charge in [0.25, 0.3) is 0 Å². The number of rotatable bonds is 44. The van der Waals surface area contributed by atoms with E-state index < -0.39 is 86.8 Å². The zero-order chi connectivity index (χ0) is 49.6. The van der Waals surface area contributed by atoms with Gasteiger partial charge in [0.2, 0.25) is 5.91 Å². The van der Waals surface area contributed by atoms with Gasteiger partial charge >= 0.3 is 0 Å². The second kappa shape index (κ2) is 41.2. The van der Waals surface area contributed by atoms with Crippen molar-refractivity contribution in [3.05, 3.63) is 12.2 Å². The number of carbonyl (C=O) groups is 1. The van der Waals surface area contributed by atoms with Crippen LogP contribution in [0.2, 0.25) is 0 Å². The lowest BCUT2D eigenvalue weighted by Gasteiger charge is -2.46. The standard InChI is InChI=1S/C54H103NO13/c1-3-5-7-9-11-13-15-17-18-19-20-21-22-23-24-26-27-29-31-33-35-37-43(58)42(55-46(59)38-36-34-32-30-28-25-16-14-12-10-8-6-4-2)41-65-53-51(64)49(62)52(45(40-57)67-53)68-54-50(63)48(61)47(60)44(39-56)66-54/h35,37,42-45,47-54,56-58,60-64H,3-34,36,38-41H2,1-2H3,(H,55,59)/b37-35+. The van der Waals surface area contributed by atoms with Crippen LogP contribution < -0.4 is 5.32 Å². The molecule has 2 fully saturated rings. The molecule has 0 bridgehead atoms. The summed E-state index contributed by atoms with van der Waals surface area (Å²) < 4.78 is 22.7. The number of ether oxygens (including phenoxy) is 4. The number of carbonyl (C=O) groups excluding carboxylic acids is 1. The Hall–Kier alpha value is -1.27. The van der Waals surface area contributed by atoms with Gasteiger partial charge in [0.1, 0.15) is 48.8 Å². The van der Waals surface area contributed by atoms with E-state index in [0.29, 0.717) is 6.42 Å². The number of allylic oxidation sites excluding steroid dienone is 1. The molecule has 9 N–H and O–H groups in total. The van der Waals surface area contributed by atoms with Gasteiger partial charge in [-0.1, -0.05) is 219 Å². The van der Waals surface area contributed by atoms with E-state index in [1.54, 1.807) is 6.08 Å². The van der Waals surface area contributed by atoms with Gasteiger partial charge < -0.3 is 65.1 Å². The fraction of sp³-hybridized carbons (Fsp3) is 0.944. The van der Waals surface area contributed by atoms with Crippen molar-refractivity contribution >= 4 is 5.91 Å². The van der Waals surface area contributed by atoms with Crippen LogP contribution in [0.1, 0.15) is 232 Å². The molecule has 14 nitrogen and oxygen atoms in total. The van der Waals surface area contributed by atoms with Crippen LogP contribution in [0, 0.1) is 0 Å². The molecular formula is C54H103NO13. The highest BCUT2D eigenvalue weighted by Gasteiger charge is 2.51. The van der Waals surface area contributed by atoms with E-state index in [4.69, 9.17) is 18.9 Å². The van der Waals surface area contributed by atoms with Gasteiger partial charge in [0.05, 0.1) is 32.0 Å². The molecule has 1 amide bonds. The van der Waals surface area contributed by atoms with Gasteiger partial charge in [-0.2, -0.15) is 0 Å². The summed E-state index contributed by atoms with van der Waals surface area (Å²) in [6.45, 7) is 2.81. The topological polar surface area (TPSA) is 228 Å². The summed E-state index contributed by atoms with van der Waals surface area (Å²) in [7, 11) is 0. The Morgan fingerprint density at radius 2 is 0.912 bits per heavy atom. The number of aliphatic hydroxyl groups is 8. The zero-order valence-electron chi connectivity index (χ0n) is 42.9. The molecule has 0 aliphatic carbocycles. The van der Waals surface area contributed by atoms with E-state index >= 15 is 0 Å². The molecule has 0 radical (unpaired) electrons. The SMILES string of the molecule is CCCCCCCCCCCCCCCCCCCCC/C=C/C(O)C(COC1OC(CO)C(OC2OC(CO)C(O)C(O)C2O)C(O)C1O)NC(=O)CCCCCCCCCCCCCCC. The van der Waals surface area contributed by atoms with Crippen molar-refractivity contribution < 1.29 is 64.6 Å². The number of amides is 1. The van der Waals surface area contributed by atoms with Gasteiger partial charge in [-0.25, -0.2) is 0 Å². The highest BCUT2D eigenvalue weighted by Crippen LogP contribution is 2.30. The molecule has 12 atom stereocenters. The van der Waals surface area contributed by atoms with Crippen molar-refractivity contribution in [2.75, 3.05) is 19.8 Å². The van der Waals surface area contributed by atoms with Gasteiger partial charge in [0, 0.05) is 6.42 Å². The first kappa shape index (κ1) is 62.8. The fourth-order valence-corrected chi connectivity index (χ4v) is 9.41. The second-order valence-electron chi connectivity index (χ2n) is 20.1. The Morgan fingerprint density at radius 3 is 1.35 bits per heavy atom. The number of nitrogens with one attached hydrogen (secondary N) is 1. The van der Waals surface area contributed by atoms with Crippen LogP contribution in [0.5, 0.6) is 0 Å². The predicted molar refractivity (Wildman–Crippen MR) is 268 cm³/mol. The van der Waals surface area contributed by atoms with Crippen LogP contribution in [-0.2, 0) is 23.7 Å². The van der Waals surface area contributed by atoms with E-state index in [2.05, 4.69) is 19.2 Å². The molecule has 0 aromatic carbocycles. The first-order chi connectivity index (χ1) is 33.1. The van der Waals surface area contributed by atoms with Crippen molar-refractivity contribution in [3.8, 4) is 0 Å². The quantitative estimate of drug-likeness (QED) is 0.0207. The van der Waals surface area contributed by atoms with Gasteiger partial charge in [-0.15, -0.1) is 0 Å². The van der Waals surface area contributed by atoms with Crippen molar-refractivity contribution in [1.29, 1.82) is 0 Å². The van der Waals surface area contributed by atoms with E-state index in [9.17, 15) is 45.6 Å². The van der Waals surface area contributed by atoms with Crippen LogP contribution in [-0.4, -0.2) is 140 Å². The van der Waals surface area contributed by atoms with Crippen LogP contribution >= 0.6 is 0 Å². The number of unbranched alkanes of at least 4 members (excludes halogenated alkanes) is 31. The maximum Gasteiger partial charge on any atom is 0.220 e. The van der Waals surface area contributed by atoms with Crippen LogP contribution in [0.3, 0.4) is 0 Å². The average Bonchev–Trinajstić information content (AvgIpc) is 3.34. The van der Waals surface area contributed by atoms with Gasteiger partial charge in [-0.3, -0.25) is 4.79 Å². The Balaban J connectivity index is 1.79. The highest BCUT2D eigenvalue weighted by atomic mass is 16.7. The molecule has 402 valence electrons. The summed E-state index contributed by atoms with van der Waals surface area (Å²) in [5, 5.41) is 86.9. The summed E-state index contributed by atoms with van der Waals surface area (Å²) >= 11 is 0. The molecule has 0 saturated carbocycles. The molecule has 2 aliphatic rings. The molecule has 14 heteroatoms. The summed E-state index contributed by atoms with van der Waals surface area (Å²) in [6.07, 6.45) is 28.2. The molecule has 2 aliphatic heterocycles. The summed E-state index contributed by atoms with van der Waals surface area (Å²) in [6, 6.07) is -0.908. The minimum atomic E-state index is -1.78. The lowest BCUT2D eigenvalue weighted by atomic mass is 9.97. The molecule has 2 rings (SSSR count). The first-order valence-electron chi connectivity index (χ1n) is 27.9. The summed E-state index contributed by atoms with van der Waals surface area (Å²) in [4.78, 5) is 13.2. The Kier molecular flexibility index (Phi) is 38.1. The van der Waals surface area contributed by atoms with E-state index in [0.717, 1.165) is 38.5 Å². The maximum atomic E-state index is 13.2. The molecule has 2 saturated heterocycles. The minimum Gasteiger partial charge on any atom is -0.394 e. The Morgan fingerprint density at radius 1 is 0.515 bits per heavy atom. The summed E-state index contributed by atoms with van der Waals surface area (Å²) in [5.74, 6) is -0.237. The third-order valence-corrected chi connectivity index (χ3v) is 14.0. The maximum absolute atomic E-state index is 13.2. The van der Waals surface area contributed by atoms with Crippen molar-refractivity contribution in [1.82, 2.24) is 5.32 Å². The van der Waals surface area contributed by atoms with Crippen molar-refractivity contribution in [3.63, 3.8) is 0 Å². The lowest BCUT2D eigenvalue weighted by molar-refractivity contribution is -0.359. The fourth-order valence-electron chi connectivity index (χ4n) is 9.41. The van der Waals surface area contributed by atoms with E-state index in [-0.39, 0.29) is 18.9 Å². The number of hydrogen-bond donors (Lipinski definition) is 9. The summed E-state index contributed by atoms with van der Waals surface area (Å²) in [5.41, 5.74) is 0. The molecule has 0 aromatic heterocycles. The van der Waals surface area contributed by atoms with E-state index in [1.807, 2.05) is 6.08 Å². The Bertz CT molecular complexity index is 1200. The second-order valence-corrected chi connectivity index (χ2v) is 20.1. The first-order valence-corrected chi connectivity index (χ1v) is 27.9. The molecule has 0 aromatic rings. The highest BCUT2D eigenvalue weighted by molar-refractivity contribution is 5.76. The van der Waals surface area contributed by atoms with Crippen molar-refractivity contribution in [2.24, 2.45) is 0 Å². The number of hydrogen-bond acceptors (Lipinski definition) is 13. The smallest absolute Gasteiger partial charge is 0.220 e. The third kappa shape index (κ3) is 27.5. The van der Waals surface area contributed by atoms with Gasteiger partial charge in [0.15, 0.2) is 12.6 Å². The molecular weight excluding hydrogens is 871 g/mol. The average molecular weight is 974 g/mol. The monoisotopic (exact) mass is 974 g/mol. The predicted octanol–water partition coefficient (Wildman–Crippen LogP) is 8.33. The Labute approximate surface area is 412 Å². The van der Waals surface area contributed by atoms with E-state index in [1.165, 1.54) is 167 Å². The third-order valence-electron chi connectivity index (χ3n) is 14.0. The normalized spacial score (nSPS) is 26.4. The molecule has 12 unspecified atom stereocenters. The van der Waals surface area contributed by atoms with Crippen LogP contribution in [0.4, 0.5) is 0 Å². The molecule has 0 spiro atoms. The zero-order valence-corrected chi connectivity index (χ0v) is 42.9. The molecule has 2 heterocycles. The molecule has 68 heavy (non-hydrogen) atoms. The number of aliphatic hydroxyl groups excluding tert-OH is 8. The van der Waals surface area contributed by atoms with Crippen LogP contribution in [0.25, 0.3) is 0 Å². The van der Waals surface area contributed by atoms with Gasteiger partial charge in [-0.05, 0) is 19.3 Å².